The maximum atomic E-state index is 6.41. The number of benzene rings is 4. The number of fused-ring (bicyclic) bond motifs is 1. The van der Waals surface area contributed by atoms with Gasteiger partial charge in [0, 0.05) is 11.6 Å². The van der Waals surface area contributed by atoms with Crippen molar-refractivity contribution in [3.05, 3.63) is 109 Å². The molecule has 0 unspecified atom stereocenters. The molecule has 0 N–H and O–H groups in total. The predicted octanol–water partition coefficient (Wildman–Crippen LogP) is 5.72. The van der Waals surface area contributed by atoms with E-state index in [0.29, 0.717) is 0 Å². The Hall–Kier alpha value is -2.58. The number of hydrogen-bond acceptors (Lipinski definition) is 3. The largest absolute Gasteiger partial charge is 0.236 e. The Kier molecular flexibility index (Phi) is 4.89. The van der Waals surface area contributed by atoms with Gasteiger partial charge in [0.15, 0.2) is 0 Å². The smallest absolute Gasteiger partial charge is 0.124 e. The molecule has 0 fully saturated rings. The van der Waals surface area contributed by atoms with E-state index in [1.165, 1.54) is 20.6 Å². The van der Waals surface area contributed by atoms with Gasteiger partial charge in [0.2, 0.25) is 0 Å². The van der Waals surface area contributed by atoms with Crippen LogP contribution >= 0.6 is 17.4 Å². The third-order valence-corrected chi connectivity index (χ3v) is 11.1. The molecule has 4 heteroatoms. The van der Waals surface area contributed by atoms with Gasteiger partial charge in [-0.05, 0) is 28.0 Å². The Morgan fingerprint density at radius 1 is 0.586 bits per heavy atom. The van der Waals surface area contributed by atoms with Crippen molar-refractivity contribution in [1.29, 1.82) is 0 Å². The molecule has 0 spiro atoms. The average Bonchev–Trinajstić information content (AvgIpc) is 3.24. The quantitative estimate of drug-likeness (QED) is 0.340. The van der Waals surface area contributed by atoms with Crippen LogP contribution in [-0.2, 0) is 11.8 Å². The minimum Gasteiger partial charge on any atom is -0.236 e. The van der Waals surface area contributed by atoms with Crippen molar-refractivity contribution in [3.8, 4) is 10.6 Å². The first kappa shape index (κ1) is 18.4. The minimum atomic E-state index is -2.10. The molecule has 5 rings (SSSR count). The molecule has 0 aliphatic carbocycles. The van der Waals surface area contributed by atoms with Gasteiger partial charge in [0.05, 0.1) is 10.2 Å². The maximum Gasteiger partial charge on any atom is 0.124 e. The maximum absolute atomic E-state index is 6.41. The molecule has 0 saturated carbocycles. The molecule has 0 aliphatic heterocycles. The number of hydrogen-bond donors (Lipinski definition) is 0. The summed E-state index contributed by atoms with van der Waals surface area (Å²) >= 11 is 8.14. The van der Waals surface area contributed by atoms with Crippen molar-refractivity contribution in [2.75, 3.05) is 0 Å². The molecule has 1 heterocycles. The lowest BCUT2D eigenvalue weighted by Crippen LogP contribution is -2.24. The van der Waals surface area contributed by atoms with Crippen LogP contribution in [0.4, 0.5) is 0 Å². The molecule has 0 aliphatic rings. The van der Waals surface area contributed by atoms with Gasteiger partial charge in [0.1, 0.15) is 5.01 Å². The molecule has 4 aromatic carbocycles. The standard InChI is InChI=1S/C25H18NPS2/c28-27(20-9-3-1-4-10-20,21-11-5-2-6-12-21)22-17-15-19(16-18-22)25-26-23-13-7-8-14-24(23)29-25/h1-18H. The molecule has 0 atom stereocenters. The highest BCUT2D eigenvalue weighted by atomic mass is 32.4. The zero-order valence-corrected chi connectivity index (χ0v) is 18.1. The lowest BCUT2D eigenvalue weighted by atomic mass is 10.2. The van der Waals surface area contributed by atoms with Gasteiger partial charge in [-0.25, -0.2) is 4.98 Å². The van der Waals surface area contributed by atoms with Gasteiger partial charge in [-0.15, -0.1) is 11.3 Å². The molecular weight excluding hydrogens is 409 g/mol. The van der Waals surface area contributed by atoms with Crippen LogP contribution in [0.2, 0.25) is 0 Å². The molecule has 1 nitrogen and oxygen atoms in total. The number of thiazole rings is 1. The van der Waals surface area contributed by atoms with Crippen LogP contribution in [0, 0.1) is 0 Å². The fraction of sp³-hybridized carbons (Fsp3) is 0. The van der Waals surface area contributed by atoms with Gasteiger partial charge in [-0.2, -0.15) is 0 Å². The second-order valence-corrected chi connectivity index (χ2v) is 12.3. The summed E-state index contributed by atoms with van der Waals surface area (Å²) in [5.74, 6) is 0. The van der Waals surface area contributed by atoms with E-state index in [2.05, 4.69) is 91.0 Å². The Bertz CT molecular complexity index is 1230. The van der Waals surface area contributed by atoms with E-state index >= 15 is 0 Å². The summed E-state index contributed by atoms with van der Waals surface area (Å²) in [5, 5.41) is 4.68. The third kappa shape index (κ3) is 3.36. The molecule has 5 aromatic rings. The highest BCUT2D eigenvalue weighted by molar-refractivity contribution is 8.25. The zero-order chi connectivity index (χ0) is 19.7. The van der Waals surface area contributed by atoms with Crippen LogP contribution in [0.15, 0.2) is 109 Å². The molecule has 0 amide bonds. The molecule has 140 valence electrons. The predicted molar refractivity (Wildman–Crippen MR) is 131 cm³/mol. The normalized spacial score (nSPS) is 11.6. The molecule has 0 bridgehead atoms. The summed E-state index contributed by atoms with van der Waals surface area (Å²) in [5.41, 5.74) is 2.19. The van der Waals surface area contributed by atoms with Gasteiger partial charge >= 0.3 is 0 Å². The van der Waals surface area contributed by atoms with Crippen LogP contribution in [0.25, 0.3) is 20.8 Å². The van der Waals surface area contributed by atoms with Crippen LogP contribution in [0.3, 0.4) is 0 Å². The Balaban J connectivity index is 1.61. The monoisotopic (exact) mass is 427 g/mol. The first-order valence-electron chi connectivity index (χ1n) is 9.43. The van der Waals surface area contributed by atoms with Crippen molar-refractivity contribution >= 4 is 55.3 Å². The van der Waals surface area contributed by atoms with Gasteiger partial charge < -0.3 is 0 Å². The highest BCUT2D eigenvalue weighted by Crippen LogP contribution is 2.43. The highest BCUT2D eigenvalue weighted by Gasteiger charge is 2.24. The van der Waals surface area contributed by atoms with Crippen molar-refractivity contribution in [1.82, 2.24) is 4.98 Å². The summed E-state index contributed by atoms with van der Waals surface area (Å²) in [7, 11) is 0. The molecule has 1 aromatic heterocycles. The Labute approximate surface area is 179 Å². The minimum absolute atomic E-state index is 1.05. The summed E-state index contributed by atoms with van der Waals surface area (Å²) in [6, 6.07) is 36.0. The van der Waals surface area contributed by atoms with Crippen LogP contribution < -0.4 is 15.9 Å². The van der Waals surface area contributed by atoms with Crippen molar-refractivity contribution in [3.63, 3.8) is 0 Å². The number of aromatic nitrogens is 1. The van der Waals surface area contributed by atoms with Crippen molar-refractivity contribution < 1.29 is 0 Å². The van der Waals surface area contributed by atoms with E-state index in [1.807, 2.05) is 18.2 Å². The molecule has 0 radical (unpaired) electrons. The SMILES string of the molecule is S=P(c1ccccc1)(c1ccccc1)c1ccc(-c2nc3ccccc3s2)cc1. The van der Waals surface area contributed by atoms with Crippen LogP contribution in [0.1, 0.15) is 0 Å². The van der Waals surface area contributed by atoms with E-state index in [0.717, 1.165) is 16.1 Å². The zero-order valence-electron chi connectivity index (χ0n) is 15.6. The van der Waals surface area contributed by atoms with Crippen LogP contribution in [0.5, 0.6) is 0 Å². The topological polar surface area (TPSA) is 12.9 Å². The molecular formula is C25H18NPS2. The second kappa shape index (κ2) is 7.68. The first-order chi connectivity index (χ1) is 14.2. The summed E-state index contributed by atoms with van der Waals surface area (Å²) in [4.78, 5) is 4.79. The molecule has 0 saturated heterocycles. The lowest BCUT2D eigenvalue weighted by molar-refractivity contribution is 1.48. The van der Waals surface area contributed by atoms with Gasteiger partial charge in [-0.1, -0.05) is 109 Å². The average molecular weight is 428 g/mol. The fourth-order valence-electron chi connectivity index (χ4n) is 3.53. The van der Waals surface area contributed by atoms with Crippen LogP contribution in [-0.4, -0.2) is 4.98 Å². The number of nitrogens with zero attached hydrogens (tertiary/aromatic N) is 1. The third-order valence-electron chi connectivity index (χ3n) is 5.01. The first-order valence-corrected chi connectivity index (χ1v) is 13.0. The van der Waals surface area contributed by atoms with E-state index in [1.54, 1.807) is 11.3 Å². The van der Waals surface area contributed by atoms with Crippen molar-refractivity contribution in [2.24, 2.45) is 0 Å². The molecule has 29 heavy (non-hydrogen) atoms. The lowest BCUT2D eigenvalue weighted by Gasteiger charge is -2.24. The Morgan fingerprint density at radius 3 is 1.69 bits per heavy atom. The Morgan fingerprint density at radius 2 is 1.10 bits per heavy atom. The van der Waals surface area contributed by atoms with Crippen molar-refractivity contribution in [2.45, 2.75) is 0 Å². The van der Waals surface area contributed by atoms with Gasteiger partial charge in [0.25, 0.3) is 0 Å². The second-order valence-electron chi connectivity index (χ2n) is 6.81. The number of para-hydroxylation sites is 1. The van der Waals surface area contributed by atoms with E-state index in [9.17, 15) is 0 Å². The number of rotatable bonds is 4. The fourth-order valence-corrected chi connectivity index (χ4v) is 8.25. The van der Waals surface area contributed by atoms with E-state index in [4.69, 9.17) is 16.8 Å². The summed E-state index contributed by atoms with van der Waals surface area (Å²) in [6.45, 7) is 0. The van der Waals surface area contributed by atoms with E-state index in [-0.39, 0.29) is 0 Å². The van der Waals surface area contributed by atoms with Gasteiger partial charge in [-0.3, -0.25) is 0 Å². The van der Waals surface area contributed by atoms with E-state index < -0.39 is 6.04 Å². The summed E-state index contributed by atoms with van der Waals surface area (Å²) in [6.07, 6.45) is 0. The summed E-state index contributed by atoms with van der Waals surface area (Å²) < 4.78 is 1.21.